The maximum Gasteiger partial charge on any atom is 0.269 e. The van der Waals surface area contributed by atoms with E-state index < -0.39 is 10.4 Å². The van der Waals surface area contributed by atoms with Gasteiger partial charge in [0.2, 0.25) is 0 Å². The van der Waals surface area contributed by atoms with Gasteiger partial charge in [0, 0.05) is 23.4 Å². The van der Waals surface area contributed by atoms with E-state index in [1.54, 1.807) is 18.2 Å². The van der Waals surface area contributed by atoms with Crippen molar-refractivity contribution in [2.45, 2.75) is 12.4 Å². The molecule has 0 fully saturated rings. The molecule has 0 saturated carbocycles. The Morgan fingerprint density at radius 1 is 1.42 bits per heavy atom. The summed E-state index contributed by atoms with van der Waals surface area (Å²) in [7, 11) is 0. The normalized spacial score (nSPS) is 18.4. The van der Waals surface area contributed by atoms with E-state index in [0.717, 1.165) is 11.3 Å². The zero-order valence-corrected chi connectivity index (χ0v) is 10.8. The largest absolute Gasteiger partial charge is 0.369 e. The maximum atomic E-state index is 10.6. The van der Waals surface area contributed by atoms with Gasteiger partial charge in [-0.15, -0.1) is 0 Å². The first kappa shape index (κ1) is 13.1. The van der Waals surface area contributed by atoms with Crippen molar-refractivity contribution in [1.29, 1.82) is 5.26 Å². The molecule has 19 heavy (non-hydrogen) atoms. The number of nitrogens with one attached hydrogen (secondary N) is 1. The predicted octanol–water partition coefficient (Wildman–Crippen LogP) is 2.94. The topological polar surface area (TPSA) is 79.0 Å². The summed E-state index contributed by atoms with van der Waals surface area (Å²) in [6.07, 6.45) is 1.80. The van der Waals surface area contributed by atoms with Crippen molar-refractivity contribution in [3.8, 4) is 6.07 Å². The molecule has 1 aliphatic heterocycles. The highest BCUT2D eigenvalue weighted by Crippen LogP contribution is 2.29. The average molecular weight is 276 g/mol. The minimum Gasteiger partial charge on any atom is -0.369 e. The van der Waals surface area contributed by atoms with Gasteiger partial charge in [-0.2, -0.15) is 5.26 Å². The van der Waals surface area contributed by atoms with Crippen LogP contribution in [0.5, 0.6) is 0 Å². The molecule has 6 heteroatoms. The summed E-state index contributed by atoms with van der Waals surface area (Å²) >= 11 is 6.06. The SMILES string of the molecule is CC1=CC(c2ccc([N+](=O)[O-])cc2)=C(C#N)C(Cl)N1. The number of hydrogen-bond acceptors (Lipinski definition) is 4. The third-order valence-electron chi connectivity index (χ3n) is 2.77. The van der Waals surface area contributed by atoms with Gasteiger partial charge in [-0.25, -0.2) is 0 Å². The zero-order chi connectivity index (χ0) is 14.0. The number of nitrogens with zero attached hydrogens (tertiary/aromatic N) is 2. The summed E-state index contributed by atoms with van der Waals surface area (Å²) in [4.78, 5) is 10.2. The minimum atomic E-state index is -0.583. The number of nitriles is 1. The molecule has 96 valence electrons. The highest BCUT2D eigenvalue weighted by molar-refractivity contribution is 6.23. The summed E-state index contributed by atoms with van der Waals surface area (Å²) in [6, 6.07) is 8.11. The van der Waals surface area contributed by atoms with Crippen LogP contribution in [0, 0.1) is 21.4 Å². The van der Waals surface area contributed by atoms with Crippen molar-refractivity contribution in [2.75, 3.05) is 0 Å². The van der Waals surface area contributed by atoms with Crippen LogP contribution in [0.3, 0.4) is 0 Å². The molecule has 1 unspecified atom stereocenters. The highest BCUT2D eigenvalue weighted by Gasteiger charge is 2.21. The van der Waals surface area contributed by atoms with E-state index in [1.165, 1.54) is 12.1 Å². The molecule has 1 heterocycles. The smallest absolute Gasteiger partial charge is 0.269 e. The monoisotopic (exact) mass is 275 g/mol. The number of non-ortho nitro benzene ring substituents is 1. The summed E-state index contributed by atoms with van der Waals surface area (Å²) in [5.74, 6) is 0. The molecule has 0 radical (unpaired) electrons. The molecular formula is C13H10ClN3O2. The van der Waals surface area contributed by atoms with E-state index in [-0.39, 0.29) is 5.69 Å². The molecule has 1 aliphatic rings. The fourth-order valence-electron chi connectivity index (χ4n) is 1.86. The van der Waals surface area contributed by atoms with E-state index >= 15 is 0 Å². The summed E-state index contributed by atoms with van der Waals surface area (Å²) < 4.78 is 0. The molecule has 1 aromatic carbocycles. The molecule has 2 rings (SSSR count). The Morgan fingerprint density at radius 2 is 2.05 bits per heavy atom. The lowest BCUT2D eigenvalue weighted by Crippen LogP contribution is -2.27. The third-order valence-corrected chi connectivity index (χ3v) is 3.10. The van der Waals surface area contributed by atoms with Crippen LogP contribution in [0.4, 0.5) is 5.69 Å². The fraction of sp³-hybridized carbons (Fsp3) is 0.154. The second-order valence-electron chi connectivity index (χ2n) is 4.08. The van der Waals surface area contributed by atoms with E-state index in [4.69, 9.17) is 16.9 Å². The number of hydrogen-bond donors (Lipinski definition) is 1. The van der Waals surface area contributed by atoms with E-state index in [0.29, 0.717) is 11.1 Å². The molecule has 5 nitrogen and oxygen atoms in total. The predicted molar refractivity (Wildman–Crippen MR) is 72.2 cm³/mol. The van der Waals surface area contributed by atoms with Gasteiger partial charge in [0.25, 0.3) is 5.69 Å². The molecule has 0 aromatic heterocycles. The second kappa shape index (κ2) is 5.12. The van der Waals surface area contributed by atoms with Crippen molar-refractivity contribution in [2.24, 2.45) is 0 Å². The van der Waals surface area contributed by atoms with Crippen LogP contribution in [0.25, 0.3) is 5.57 Å². The summed E-state index contributed by atoms with van der Waals surface area (Å²) in [5.41, 5.74) is 2.09. The first-order valence-corrected chi connectivity index (χ1v) is 5.94. The molecule has 1 N–H and O–H groups in total. The molecule has 1 aromatic rings. The second-order valence-corrected chi connectivity index (χ2v) is 4.51. The number of rotatable bonds is 2. The zero-order valence-electron chi connectivity index (χ0n) is 10.1. The highest BCUT2D eigenvalue weighted by atomic mass is 35.5. The van der Waals surface area contributed by atoms with Gasteiger partial charge in [0.1, 0.15) is 5.50 Å². The lowest BCUT2D eigenvalue weighted by atomic mass is 9.96. The van der Waals surface area contributed by atoms with Gasteiger partial charge in [-0.05, 0) is 30.7 Å². The Morgan fingerprint density at radius 3 is 2.58 bits per heavy atom. The van der Waals surface area contributed by atoms with Gasteiger partial charge >= 0.3 is 0 Å². The number of halogens is 1. The lowest BCUT2D eigenvalue weighted by molar-refractivity contribution is -0.384. The third kappa shape index (κ3) is 2.59. The van der Waals surface area contributed by atoms with E-state index in [2.05, 4.69) is 11.4 Å². The summed E-state index contributed by atoms with van der Waals surface area (Å²) in [5, 5.41) is 22.7. The van der Waals surface area contributed by atoms with Gasteiger partial charge in [0.15, 0.2) is 0 Å². The first-order chi connectivity index (χ1) is 9.02. The van der Waals surface area contributed by atoms with Gasteiger partial charge in [0.05, 0.1) is 16.6 Å². The first-order valence-electron chi connectivity index (χ1n) is 5.51. The molecule has 0 saturated heterocycles. The molecular weight excluding hydrogens is 266 g/mol. The Hall–Kier alpha value is -2.32. The Balaban J connectivity index is 2.50. The number of alkyl halides is 1. The number of allylic oxidation sites excluding steroid dienone is 3. The van der Waals surface area contributed by atoms with Gasteiger partial charge < -0.3 is 5.32 Å². The van der Waals surface area contributed by atoms with Crippen molar-refractivity contribution >= 4 is 22.9 Å². The van der Waals surface area contributed by atoms with Gasteiger partial charge in [-0.3, -0.25) is 10.1 Å². The molecule has 0 amide bonds. The average Bonchev–Trinajstić information content (AvgIpc) is 2.38. The molecule has 0 bridgehead atoms. The number of dihydropyridines is 1. The Labute approximate surface area is 114 Å². The van der Waals surface area contributed by atoms with E-state index in [1.807, 2.05) is 6.92 Å². The van der Waals surface area contributed by atoms with E-state index in [9.17, 15) is 10.1 Å². The van der Waals surface area contributed by atoms with Crippen molar-refractivity contribution in [1.82, 2.24) is 5.32 Å². The quantitative estimate of drug-likeness (QED) is 0.389. The molecule has 0 spiro atoms. The van der Waals surface area contributed by atoms with Crippen LogP contribution in [0.2, 0.25) is 0 Å². The van der Waals surface area contributed by atoms with Gasteiger partial charge in [-0.1, -0.05) is 11.6 Å². The van der Waals surface area contributed by atoms with Crippen LogP contribution < -0.4 is 5.32 Å². The van der Waals surface area contributed by atoms with Crippen LogP contribution in [0.1, 0.15) is 12.5 Å². The van der Waals surface area contributed by atoms with Crippen LogP contribution in [0.15, 0.2) is 41.6 Å². The molecule has 1 atom stereocenters. The Bertz CT molecular complexity index is 626. The van der Waals surface area contributed by atoms with Crippen molar-refractivity contribution in [3.05, 3.63) is 57.3 Å². The van der Waals surface area contributed by atoms with Crippen LogP contribution in [-0.2, 0) is 0 Å². The van der Waals surface area contributed by atoms with Crippen molar-refractivity contribution < 1.29 is 4.92 Å². The van der Waals surface area contributed by atoms with Crippen molar-refractivity contribution in [3.63, 3.8) is 0 Å². The van der Waals surface area contributed by atoms with Crippen LogP contribution in [-0.4, -0.2) is 10.4 Å². The lowest BCUT2D eigenvalue weighted by Gasteiger charge is -2.21. The van der Waals surface area contributed by atoms with Crippen LogP contribution >= 0.6 is 11.6 Å². The number of nitro groups is 1. The Kier molecular flexibility index (Phi) is 3.54. The number of nitro benzene ring substituents is 1. The fourth-order valence-corrected chi connectivity index (χ4v) is 2.20. The standard InChI is InChI=1S/C13H10ClN3O2/c1-8-6-11(12(7-15)13(14)16-8)9-2-4-10(5-3-9)17(18)19/h2-6,13,16H,1H3. The minimum absolute atomic E-state index is 0.0138. The molecule has 0 aliphatic carbocycles. The summed E-state index contributed by atoms with van der Waals surface area (Å²) in [6.45, 7) is 1.84. The number of benzene rings is 1. The maximum absolute atomic E-state index is 10.6.